The van der Waals surface area contributed by atoms with Crippen LogP contribution >= 0.6 is 0 Å². The van der Waals surface area contributed by atoms with Crippen LogP contribution in [0, 0.1) is 0 Å². The zero-order valence-electron chi connectivity index (χ0n) is 17.6. The van der Waals surface area contributed by atoms with Crippen LogP contribution in [0.25, 0.3) is 32.7 Å². The van der Waals surface area contributed by atoms with Crippen LogP contribution in [-0.4, -0.2) is 33.1 Å². The number of hydrogen-bond donors (Lipinski definition) is 0. The summed E-state index contributed by atoms with van der Waals surface area (Å²) in [4.78, 5) is 12.5. The Labute approximate surface area is 191 Å². The zero-order chi connectivity index (χ0) is 23.0. The summed E-state index contributed by atoms with van der Waals surface area (Å²) in [5.74, 6) is -0.211. The van der Waals surface area contributed by atoms with Crippen molar-refractivity contribution >= 4 is 47.0 Å². The quantitative estimate of drug-likeness (QED) is 0.367. The molecule has 0 saturated heterocycles. The smallest absolute Gasteiger partial charge is 0.183 e. The van der Waals surface area contributed by atoms with Gasteiger partial charge in [-0.05, 0) is 40.1 Å². The minimum atomic E-state index is -4.11. The molecule has 6 rings (SSSR count). The molecule has 166 valence electrons. The van der Waals surface area contributed by atoms with Crippen molar-refractivity contribution in [3.63, 3.8) is 0 Å². The monoisotopic (exact) mass is 476 g/mol. The summed E-state index contributed by atoms with van der Waals surface area (Å²) < 4.78 is 56.1. The molecule has 1 aliphatic carbocycles. The molecule has 5 nitrogen and oxygen atoms in total. The number of rotatable bonds is 0. The van der Waals surface area contributed by atoms with E-state index in [2.05, 4.69) is 0 Å². The molecule has 2 aliphatic rings. The topological polar surface area (TPSA) is 85.3 Å². The van der Waals surface area contributed by atoms with Gasteiger partial charge < -0.3 is 0 Å². The fourth-order valence-electron chi connectivity index (χ4n) is 5.43. The van der Waals surface area contributed by atoms with Crippen molar-refractivity contribution < 1.29 is 21.6 Å². The molecule has 0 N–H and O–H groups in total. The molecule has 0 aromatic heterocycles. The van der Waals surface area contributed by atoms with Crippen LogP contribution in [0.4, 0.5) is 0 Å². The van der Waals surface area contributed by atoms with E-state index in [1.165, 1.54) is 0 Å². The summed E-state index contributed by atoms with van der Waals surface area (Å²) in [6.45, 7) is 0. The Morgan fingerprint density at radius 3 is 1.64 bits per heavy atom. The largest absolute Gasteiger partial charge is 0.300 e. The standard InChI is InChI=1S/C26H20O5S2/c27-18-11-14-21-24(15-18)33(30,31)23-13-10-17-6-2-4-8-20(17)26(23)25-19-7-3-1-5-16(19)9-12-22(25)32(21,28)29/h1-10,12-13,21,24H,11,14-15H2/t21-,24+/m1/s1. The third kappa shape index (κ3) is 2.85. The van der Waals surface area contributed by atoms with Gasteiger partial charge in [-0.25, -0.2) is 16.8 Å². The van der Waals surface area contributed by atoms with Gasteiger partial charge in [0.15, 0.2) is 19.7 Å². The van der Waals surface area contributed by atoms with Crippen LogP contribution in [0.15, 0.2) is 82.6 Å². The first-order valence-electron chi connectivity index (χ1n) is 10.8. The molecule has 2 atom stereocenters. The predicted octanol–water partition coefficient (Wildman–Crippen LogP) is 4.71. The Balaban J connectivity index is 1.88. The maximum atomic E-state index is 14.0. The van der Waals surface area contributed by atoms with Gasteiger partial charge in [-0.1, -0.05) is 60.7 Å². The van der Waals surface area contributed by atoms with Crippen molar-refractivity contribution in [3.05, 3.63) is 72.8 Å². The van der Waals surface area contributed by atoms with Crippen molar-refractivity contribution in [2.45, 2.75) is 39.6 Å². The van der Waals surface area contributed by atoms with Gasteiger partial charge in [0.25, 0.3) is 0 Å². The minimum Gasteiger partial charge on any atom is -0.300 e. The minimum absolute atomic E-state index is 0.0141. The summed E-state index contributed by atoms with van der Waals surface area (Å²) in [5, 5.41) is 0.574. The first kappa shape index (κ1) is 20.6. The highest BCUT2D eigenvalue weighted by Gasteiger charge is 2.49. The van der Waals surface area contributed by atoms with E-state index in [1.54, 1.807) is 24.3 Å². The SMILES string of the molecule is O=C1CC[C@@H]2[C@H](C1)S(=O)(=O)c1ccc3ccccc3c1-c1c(ccc3ccccc13)S2(=O)=O. The van der Waals surface area contributed by atoms with E-state index >= 15 is 0 Å². The lowest BCUT2D eigenvalue weighted by Crippen LogP contribution is -2.45. The fourth-order valence-corrected chi connectivity index (χ4v) is 10.3. The first-order chi connectivity index (χ1) is 15.8. The van der Waals surface area contributed by atoms with Crippen LogP contribution < -0.4 is 0 Å². The summed E-state index contributed by atoms with van der Waals surface area (Å²) >= 11 is 0. The predicted molar refractivity (Wildman–Crippen MR) is 128 cm³/mol. The highest BCUT2D eigenvalue weighted by molar-refractivity contribution is 7.96. The Morgan fingerprint density at radius 2 is 1.09 bits per heavy atom. The van der Waals surface area contributed by atoms with E-state index < -0.39 is 30.2 Å². The van der Waals surface area contributed by atoms with Crippen molar-refractivity contribution in [1.29, 1.82) is 0 Å². The lowest BCUT2D eigenvalue weighted by molar-refractivity contribution is -0.120. The zero-order valence-corrected chi connectivity index (χ0v) is 19.2. The van der Waals surface area contributed by atoms with E-state index in [0.717, 1.165) is 10.8 Å². The van der Waals surface area contributed by atoms with Crippen LogP contribution in [0.5, 0.6) is 0 Å². The van der Waals surface area contributed by atoms with E-state index in [9.17, 15) is 21.6 Å². The van der Waals surface area contributed by atoms with Crippen LogP contribution in [0.3, 0.4) is 0 Å². The number of Topliss-reactive ketones (excluding diaryl/α,β-unsaturated/α-hetero) is 1. The maximum absolute atomic E-state index is 14.0. The molecule has 4 aromatic rings. The summed E-state index contributed by atoms with van der Waals surface area (Å²) in [7, 11) is -8.14. The van der Waals surface area contributed by atoms with Gasteiger partial charge in [0, 0.05) is 24.0 Å². The van der Waals surface area contributed by atoms with Gasteiger partial charge in [-0.3, -0.25) is 4.79 Å². The average molecular weight is 477 g/mol. The van der Waals surface area contributed by atoms with Gasteiger partial charge in [0.1, 0.15) is 5.78 Å². The van der Waals surface area contributed by atoms with Crippen molar-refractivity contribution in [2.75, 3.05) is 0 Å². The lowest BCUT2D eigenvalue weighted by atomic mass is 9.93. The Kier molecular flexibility index (Phi) is 4.35. The highest BCUT2D eigenvalue weighted by atomic mass is 32.2. The number of ketones is 1. The molecule has 0 bridgehead atoms. The van der Waals surface area contributed by atoms with Gasteiger partial charge in [0.2, 0.25) is 0 Å². The van der Waals surface area contributed by atoms with Gasteiger partial charge >= 0.3 is 0 Å². The Bertz CT molecular complexity index is 1700. The summed E-state index contributed by atoms with van der Waals surface area (Å²) in [6, 6.07) is 21.5. The second-order valence-corrected chi connectivity index (χ2v) is 13.0. The molecule has 1 saturated carbocycles. The number of benzene rings is 4. The Hall–Kier alpha value is -3.03. The van der Waals surface area contributed by atoms with E-state index in [1.807, 2.05) is 48.5 Å². The fraction of sp³-hybridized carbons (Fsp3) is 0.192. The molecular weight excluding hydrogens is 456 g/mol. The highest BCUT2D eigenvalue weighted by Crippen LogP contribution is 2.48. The molecule has 0 spiro atoms. The molecule has 33 heavy (non-hydrogen) atoms. The lowest BCUT2D eigenvalue weighted by Gasteiger charge is -2.34. The van der Waals surface area contributed by atoms with Crippen LogP contribution in [0.1, 0.15) is 19.3 Å². The molecule has 0 amide bonds. The van der Waals surface area contributed by atoms with Crippen molar-refractivity contribution in [2.24, 2.45) is 0 Å². The second-order valence-electron chi connectivity index (χ2n) is 8.77. The van der Waals surface area contributed by atoms with Crippen LogP contribution in [-0.2, 0) is 24.5 Å². The normalized spacial score (nSPS) is 23.2. The molecule has 0 radical (unpaired) electrons. The van der Waals surface area contributed by atoms with E-state index in [4.69, 9.17) is 0 Å². The maximum Gasteiger partial charge on any atom is 0.183 e. The van der Waals surface area contributed by atoms with Gasteiger partial charge in [0.05, 0.1) is 20.3 Å². The molecule has 1 aliphatic heterocycles. The molecular formula is C26H20O5S2. The molecule has 1 fully saturated rings. The molecule has 0 unspecified atom stereocenters. The van der Waals surface area contributed by atoms with Gasteiger partial charge in [-0.15, -0.1) is 0 Å². The number of carbonyl (C=O) groups is 1. The summed E-state index contributed by atoms with van der Waals surface area (Å²) in [5.41, 5.74) is 0.832. The van der Waals surface area contributed by atoms with Crippen molar-refractivity contribution in [1.82, 2.24) is 0 Å². The van der Waals surface area contributed by atoms with Crippen molar-refractivity contribution in [3.8, 4) is 11.1 Å². The third-order valence-corrected chi connectivity index (χ3v) is 11.7. The van der Waals surface area contributed by atoms with E-state index in [-0.39, 0.29) is 34.8 Å². The van der Waals surface area contributed by atoms with Gasteiger partial charge in [-0.2, -0.15) is 0 Å². The first-order valence-corrected chi connectivity index (χ1v) is 13.9. The molecule has 7 heteroatoms. The average Bonchev–Trinajstić information content (AvgIpc) is 2.82. The van der Waals surface area contributed by atoms with Crippen LogP contribution in [0.2, 0.25) is 0 Å². The number of sulfone groups is 2. The van der Waals surface area contributed by atoms with E-state index in [0.29, 0.717) is 21.9 Å². The molecule has 4 aromatic carbocycles. The Morgan fingerprint density at radius 1 is 0.606 bits per heavy atom. The molecule has 1 heterocycles. The number of hydrogen-bond acceptors (Lipinski definition) is 5. The number of carbonyl (C=O) groups excluding carboxylic acids is 1. The third-order valence-electron chi connectivity index (χ3n) is 6.99. The second kappa shape index (κ2) is 6.98. The number of fused-ring (bicyclic) bond motifs is 8. The summed E-state index contributed by atoms with van der Waals surface area (Å²) in [6.07, 6.45) is -0.189.